The third kappa shape index (κ3) is 5.86. The maximum absolute atomic E-state index is 13.2. The number of nitrogens with zero attached hydrogens (tertiary/aromatic N) is 2. The van der Waals surface area contributed by atoms with Gasteiger partial charge in [-0.2, -0.15) is 0 Å². The minimum absolute atomic E-state index is 0.0315. The highest BCUT2D eigenvalue weighted by Crippen LogP contribution is 2.24. The molecule has 1 aromatic heterocycles. The Morgan fingerprint density at radius 1 is 1.09 bits per heavy atom. The zero-order valence-electron chi connectivity index (χ0n) is 19.6. The molecule has 2 aromatic carbocycles. The number of carboxylic acids is 1. The fourth-order valence-electron chi connectivity index (χ4n) is 4.43. The van der Waals surface area contributed by atoms with E-state index in [4.69, 9.17) is 14.3 Å². The molecule has 2 atom stereocenters. The Morgan fingerprint density at radius 3 is 2.54 bits per heavy atom. The highest BCUT2D eigenvalue weighted by molar-refractivity contribution is 5.85. The molecule has 0 radical (unpaired) electrons. The summed E-state index contributed by atoms with van der Waals surface area (Å²) in [4.78, 5) is 39.9. The Labute approximate surface area is 201 Å². The van der Waals surface area contributed by atoms with Gasteiger partial charge in [-0.25, -0.2) is 9.18 Å². The highest BCUT2D eigenvalue weighted by atomic mass is 19.1. The number of piperazine rings is 1. The van der Waals surface area contributed by atoms with Crippen LogP contribution in [0.3, 0.4) is 0 Å². The zero-order valence-corrected chi connectivity index (χ0v) is 19.6. The number of carbonyl (C=O) groups excluding carboxylic acids is 1. The smallest absolute Gasteiger partial charge is 0.336 e. The van der Waals surface area contributed by atoms with Crippen molar-refractivity contribution in [1.82, 2.24) is 9.80 Å². The van der Waals surface area contributed by atoms with Crippen LogP contribution in [-0.2, 0) is 22.6 Å². The Morgan fingerprint density at radius 2 is 1.83 bits per heavy atom. The number of fused-ring (bicyclic) bond motifs is 1. The highest BCUT2D eigenvalue weighted by Gasteiger charge is 2.32. The maximum atomic E-state index is 13.2. The average molecular weight is 483 g/mol. The van der Waals surface area contributed by atoms with Crippen LogP contribution >= 0.6 is 0 Å². The molecule has 2 heterocycles. The van der Waals surface area contributed by atoms with Crippen LogP contribution in [0.25, 0.3) is 11.0 Å². The van der Waals surface area contributed by atoms with Gasteiger partial charge in [0.15, 0.2) is 6.61 Å². The quantitative estimate of drug-likeness (QED) is 0.517. The molecule has 1 aliphatic rings. The number of benzene rings is 2. The van der Waals surface area contributed by atoms with Gasteiger partial charge < -0.3 is 19.2 Å². The summed E-state index contributed by atoms with van der Waals surface area (Å²) in [5.74, 6) is -1.13. The number of ether oxygens (including phenoxy) is 1. The van der Waals surface area contributed by atoms with Crippen LogP contribution in [-0.4, -0.2) is 58.6 Å². The van der Waals surface area contributed by atoms with Gasteiger partial charge in [0.25, 0.3) is 5.91 Å². The van der Waals surface area contributed by atoms with Gasteiger partial charge in [0.1, 0.15) is 17.1 Å². The van der Waals surface area contributed by atoms with Crippen molar-refractivity contribution in [2.45, 2.75) is 38.9 Å². The number of carbonyl (C=O) groups is 2. The molecule has 1 N–H and O–H groups in total. The summed E-state index contributed by atoms with van der Waals surface area (Å²) in [6, 6.07) is 12.4. The van der Waals surface area contributed by atoms with Crippen LogP contribution in [0.15, 0.2) is 57.7 Å². The summed E-state index contributed by atoms with van der Waals surface area (Å²) < 4.78 is 24.1. The number of halogens is 1. The molecule has 1 saturated heterocycles. The number of rotatable bonds is 7. The molecule has 35 heavy (non-hydrogen) atoms. The van der Waals surface area contributed by atoms with Crippen molar-refractivity contribution in [1.29, 1.82) is 0 Å². The van der Waals surface area contributed by atoms with Crippen molar-refractivity contribution in [3.8, 4) is 5.75 Å². The molecule has 1 fully saturated rings. The number of hydrogen-bond acceptors (Lipinski definition) is 6. The van der Waals surface area contributed by atoms with Gasteiger partial charge in [-0.05, 0) is 49.2 Å². The molecule has 0 bridgehead atoms. The molecule has 1 aliphatic heterocycles. The third-order valence-corrected chi connectivity index (χ3v) is 6.24. The molecule has 184 valence electrons. The van der Waals surface area contributed by atoms with Crippen molar-refractivity contribution in [2.75, 3.05) is 19.7 Å². The van der Waals surface area contributed by atoms with Crippen LogP contribution in [0.2, 0.25) is 0 Å². The third-order valence-electron chi connectivity index (χ3n) is 6.24. The first kappa shape index (κ1) is 24.4. The molecule has 9 heteroatoms. The zero-order chi connectivity index (χ0) is 25.1. The lowest BCUT2D eigenvalue weighted by molar-refractivity contribution is -0.139. The second kappa shape index (κ2) is 10.3. The van der Waals surface area contributed by atoms with Crippen molar-refractivity contribution in [2.24, 2.45) is 0 Å². The van der Waals surface area contributed by atoms with Gasteiger partial charge in [-0.3, -0.25) is 14.5 Å². The standard InChI is InChI=1S/C26H27FN2O6/c1-16-13-29(17(2)12-28(16)14-18-3-5-20(27)6-4-18)24(30)15-34-21-7-8-22-19(9-25(31)32)10-26(33)35-23(22)11-21/h3-8,10-11,16-17H,9,12-15H2,1-2H3,(H,31,32)/t16-,17+/m0/s1. The molecule has 0 saturated carbocycles. The van der Waals surface area contributed by atoms with Gasteiger partial charge >= 0.3 is 11.6 Å². The van der Waals surface area contributed by atoms with E-state index in [0.29, 0.717) is 36.3 Å². The minimum atomic E-state index is -1.05. The lowest BCUT2D eigenvalue weighted by Gasteiger charge is -2.44. The summed E-state index contributed by atoms with van der Waals surface area (Å²) in [5.41, 5.74) is 0.925. The van der Waals surface area contributed by atoms with Crippen LogP contribution in [0.1, 0.15) is 25.0 Å². The monoisotopic (exact) mass is 482 g/mol. The Kier molecular flexibility index (Phi) is 7.16. The first-order valence-electron chi connectivity index (χ1n) is 11.4. The van der Waals surface area contributed by atoms with Gasteiger partial charge in [-0.1, -0.05) is 12.1 Å². The maximum Gasteiger partial charge on any atom is 0.336 e. The van der Waals surface area contributed by atoms with Crippen molar-refractivity contribution >= 4 is 22.8 Å². The first-order valence-corrected chi connectivity index (χ1v) is 11.4. The lowest BCUT2D eigenvalue weighted by Crippen LogP contribution is -2.58. The van der Waals surface area contributed by atoms with Gasteiger partial charge in [0.05, 0.1) is 6.42 Å². The molecular formula is C26H27FN2O6. The van der Waals surface area contributed by atoms with E-state index in [9.17, 15) is 18.8 Å². The summed E-state index contributed by atoms with van der Waals surface area (Å²) in [5, 5.41) is 9.57. The van der Waals surface area contributed by atoms with E-state index in [-0.39, 0.29) is 42.4 Å². The molecule has 0 aliphatic carbocycles. The van der Waals surface area contributed by atoms with Crippen LogP contribution in [0, 0.1) is 5.82 Å². The first-order chi connectivity index (χ1) is 16.7. The molecular weight excluding hydrogens is 455 g/mol. The van der Waals surface area contributed by atoms with E-state index in [2.05, 4.69) is 11.8 Å². The predicted molar refractivity (Wildman–Crippen MR) is 127 cm³/mol. The average Bonchev–Trinajstić information content (AvgIpc) is 2.80. The SMILES string of the molecule is C[C@@H]1CN(Cc2ccc(F)cc2)[C@@H](C)CN1C(=O)COc1ccc2c(CC(=O)O)cc(=O)oc2c1. The normalized spacial score (nSPS) is 18.5. The van der Waals surface area contributed by atoms with Crippen molar-refractivity contribution in [3.05, 3.63) is 75.9 Å². The van der Waals surface area contributed by atoms with Gasteiger partial charge in [0, 0.05) is 49.2 Å². The fraction of sp³-hybridized carbons (Fsp3) is 0.346. The minimum Gasteiger partial charge on any atom is -0.484 e. The summed E-state index contributed by atoms with van der Waals surface area (Å²) in [6.07, 6.45) is -0.302. The molecule has 0 spiro atoms. The van der Waals surface area contributed by atoms with Gasteiger partial charge in [-0.15, -0.1) is 0 Å². The Bertz CT molecular complexity index is 1290. The van der Waals surface area contributed by atoms with Crippen molar-refractivity contribution < 1.29 is 28.2 Å². The number of aliphatic carboxylic acids is 1. The summed E-state index contributed by atoms with van der Waals surface area (Å²) >= 11 is 0. The Hall–Kier alpha value is -3.72. The summed E-state index contributed by atoms with van der Waals surface area (Å²) in [6.45, 7) is 5.75. The number of carboxylic acid groups (broad SMARTS) is 1. The van der Waals surface area contributed by atoms with E-state index in [0.717, 1.165) is 5.56 Å². The molecule has 0 unspecified atom stereocenters. The molecule has 4 rings (SSSR count). The van der Waals surface area contributed by atoms with Crippen LogP contribution in [0.4, 0.5) is 4.39 Å². The lowest BCUT2D eigenvalue weighted by atomic mass is 10.1. The second-order valence-electron chi connectivity index (χ2n) is 8.91. The fourth-order valence-corrected chi connectivity index (χ4v) is 4.43. The Balaban J connectivity index is 1.38. The molecule has 3 aromatic rings. The predicted octanol–water partition coefficient (Wildman–Crippen LogP) is 3.06. The van der Waals surface area contributed by atoms with E-state index < -0.39 is 11.6 Å². The van der Waals surface area contributed by atoms with Crippen LogP contribution < -0.4 is 10.4 Å². The second-order valence-corrected chi connectivity index (χ2v) is 8.91. The largest absolute Gasteiger partial charge is 0.484 e. The molecule has 8 nitrogen and oxygen atoms in total. The van der Waals surface area contributed by atoms with E-state index in [1.165, 1.54) is 24.3 Å². The van der Waals surface area contributed by atoms with E-state index >= 15 is 0 Å². The van der Waals surface area contributed by atoms with Crippen molar-refractivity contribution in [3.63, 3.8) is 0 Å². The van der Waals surface area contributed by atoms with E-state index in [1.807, 2.05) is 6.92 Å². The topological polar surface area (TPSA) is 100 Å². The van der Waals surface area contributed by atoms with E-state index in [1.54, 1.807) is 29.2 Å². The van der Waals surface area contributed by atoms with Crippen LogP contribution in [0.5, 0.6) is 5.75 Å². The number of hydrogen-bond donors (Lipinski definition) is 1. The summed E-state index contributed by atoms with van der Waals surface area (Å²) in [7, 11) is 0. The molecule has 1 amide bonds. The number of amides is 1. The van der Waals surface area contributed by atoms with Gasteiger partial charge in [0.2, 0.25) is 0 Å².